The van der Waals surface area contributed by atoms with Crippen LogP contribution in [0.5, 0.6) is 5.75 Å². The number of hydrogen-bond acceptors (Lipinski definition) is 4. The molecule has 3 aromatic rings. The van der Waals surface area contributed by atoms with Crippen LogP contribution in [0.3, 0.4) is 0 Å². The highest BCUT2D eigenvalue weighted by atomic mass is 19.1. The predicted octanol–water partition coefficient (Wildman–Crippen LogP) is 7.29. The summed E-state index contributed by atoms with van der Waals surface area (Å²) in [5.41, 5.74) is 6.56. The quantitative estimate of drug-likeness (QED) is 0.345. The second kappa shape index (κ2) is 10.8. The van der Waals surface area contributed by atoms with Gasteiger partial charge in [-0.15, -0.1) is 0 Å². The largest absolute Gasteiger partial charge is 0.490 e. The maximum atomic E-state index is 15.5. The van der Waals surface area contributed by atoms with Gasteiger partial charge in [-0.05, 0) is 124 Å². The van der Waals surface area contributed by atoms with Gasteiger partial charge in [-0.25, -0.2) is 13.6 Å². The molecule has 2 heterocycles. The summed E-state index contributed by atoms with van der Waals surface area (Å²) in [6.45, 7) is 13.7. The third kappa shape index (κ3) is 5.17. The first-order valence-electron chi connectivity index (χ1n) is 14.3. The summed E-state index contributed by atoms with van der Waals surface area (Å²) in [4.78, 5) is 28.1. The molecular weight excluding hydrogens is 540 g/mol. The third-order valence-corrected chi connectivity index (χ3v) is 8.40. The maximum Gasteiger partial charge on any atom is 0.337 e. The fourth-order valence-electron chi connectivity index (χ4n) is 6.34. The van der Waals surface area contributed by atoms with E-state index in [-0.39, 0.29) is 30.3 Å². The van der Waals surface area contributed by atoms with Gasteiger partial charge in [0, 0.05) is 29.8 Å². The highest BCUT2D eigenvalue weighted by Gasteiger charge is 2.37. The molecule has 0 aromatic heterocycles. The number of nitrogens with zero attached hydrogens (tertiary/aromatic N) is 1. The van der Waals surface area contributed by atoms with Crippen molar-refractivity contribution in [3.63, 3.8) is 0 Å². The molecule has 6 nitrogen and oxygen atoms in total. The SMILES string of the molecule is Cc1ccc(F)cc1C(=O)N1Cc2c(C)c(-c3cc(F)c4c(c3C)CCCO4)c(C(OC(C)(C)C)C(=O)O)c(C)c2C1. The molecule has 0 saturated carbocycles. The zero-order chi connectivity index (χ0) is 30.7. The van der Waals surface area contributed by atoms with Crippen molar-refractivity contribution in [1.29, 1.82) is 0 Å². The smallest absolute Gasteiger partial charge is 0.337 e. The van der Waals surface area contributed by atoms with E-state index in [1.165, 1.54) is 18.2 Å². The number of carboxylic acids is 1. The van der Waals surface area contributed by atoms with E-state index in [0.29, 0.717) is 40.8 Å². The van der Waals surface area contributed by atoms with Crippen LogP contribution in [0, 0.1) is 39.3 Å². The van der Waals surface area contributed by atoms with Crippen molar-refractivity contribution in [3.05, 3.63) is 86.0 Å². The van der Waals surface area contributed by atoms with E-state index in [0.717, 1.165) is 34.2 Å². The molecule has 0 saturated heterocycles. The minimum absolute atomic E-state index is 0.233. The zero-order valence-electron chi connectivity index (χ0n) is 25.2. The van der Waals surface area contributed by atoms with E-state index in [1.807, 2.05) is 20.8 Å². The Bertz CT molecular complexity index is 1620. The number of amides is 1. The van der Waals surface area contributed by atoms with E-state index in [4.69, 9.17) is 9.47 Å². The van der Waals surface area contributed by atoms with Gasteiger partial charge in [0.05, 0.1) is 12.2 Å². The summed E-state index contributed by atoms with van der Waals surface area (Å²) in [7, 11) is 0. The van der Waals surface area contributed by atoms with Crippen molar-refractivity contribution in [2.45, 2.75) is 86.1 Å². The molecule has 0 spiro atoms. The van der Waals surface area contributed by atoms with Gasteiger partial charge in [0.15, 0.2) is 17.7 Å². The number of aliphatic carboxylic acids is 1. The van der Waals surface area contributed by atoms with Crippen molar-refractivity contribution >= 4 is 11.9 Å². The Hall–Kier alpha value is -3.78. The molecule has 8 heteroatoms. The van der Waals surface area contributed by atoms with Gasteiger partial charge in [0.25, 0.3) is 5.91 Å². The molecule has 1 N–H and O–H groups in total. The van der Waals surface area contributed by atoms with Crippen molar-refractivity contribution in [1.82, 2.24) is 4.90 Å². The van der Waals surface area contributed by atoms with Crippen LogP contribution in [0.2, 0.25) is 0 Å². The molecule has 1 amide bonds. The van der Waals surface area contributed by atoms with Crippen molar-refractivity contribution in [3.8, 4) is 16.9 Å². The van der Waals surface area contributed by atoms with Gasteiger partial charge in [-0.2, -0.15) is 0 Å². The van der Waals surface area contributed by atoms with Gasteiger partial charge in [-0.1, -0.05) is 6.07 Å². The topological polar surface area (TPSA) is 76.1 Å². The minimum atomic E-state index is -1.34. The lowest BCUT2D eigenvalue weighted by atomic mass is 9.81. The summed E-state index contributed by atoms with van der Waals surface area (Å²) < 4.78 is 41.5. The molecular formula is C34H37F2NO5. The average molecular weight is 578 g/mol. The lowest BCUT2D eigenvalue weighted by Crippen LogP contribution is -2.29. The van der Waals surface area contributed by atoms with Crippen LogP contribution in [-0.4, -0.2) is 34.1 Å². The Labute approximate surface area is 245 Å². The van der Waals surface area contributed by atoms with Crippen LogP contribution in [-0.2, 0) is 29.0 Å². The highest BCUT2D eigenvalue weighted by Crippen LogP contribution is 2.47. The van der Waals surface area contributed by atoms with E-state index in [1.54, 1.807) is 38.7 Å². The Balaban J connectivity index is 1.74. The van der Waals surface area contributed by atoms with Gasteiger partial charge in [0.2, 0.25) is 0 Å². The maximum absolute atomic E-state index is 15.5. The Kier molecular flexibility index (Phi) is 7.64. The van der Waals surface area contributed by atoms with E-state index >= 15 is 4.39 Å². The second-order valence-electron chi connectivity index (χ2n) is 12.4. The van der Waals surface area contributed by atoms with E-state index in [9.17, 15) is 19.1 Å². The monoisotopic (exact) mass is 577 g/mol. The molecule has 0 aliphatic carbocycles. The number of benzene rings is 3. The lowest BCUT2D eigenvalue weighted by molar-refractivity contribution is -0.160. The first kappa shape index (κ1) is 29.7. The van der Waals surface area contributed by atoms with Crippen molar-refractivity contribution in [2.75, 3.05) is 6.61 Å². The van der Waals surface area contributed by atoms with Crippen LogP contribution in [0.1, 0.15) is 88.2 Å². The first-order valence-corrected chi connectivity index (χ1v) is 14.3. The Morgan fingerprint density at radius 3 is 2.29 bits per heavy atom. The number of aryl methyl sites for hydroxylation is 1. The lowest BCUT2D eigenvalue weighted by Gasteiger charge is -2.31. The van der Waals surface area contributed by atoms with Crippen LogP contribution < -0.4 is 4.74 Å². The number of rotatable bonds is 5. The number of halogens is 2. The number of hydrogen-bond donors (Lipinski definition) is 1. The fraction of sp³-hybridized carbons (Fsp3) is 0.412. The highest BCUT2D eigenvalue weighted by molar-refractivity contribution is 5.96. The molecule has 2 aliphatic heterocycles. The van der Waals surface area contributed by atoms with Crippen LogP contribution in [0.4, 0.5) is 8.78 Å². The number of fused-ring (bicyclic) bond motifs is 2. The van der Waals surface area contributed by atoms with Crippen LogP contribution >= 0.6 is 0 Å². The molecule has 222 valence electrons. The minimum Gasteiger partial charge on any atom is -0.490 e. The normalized spacial score (nSPS) is 15.2. The standard InChI is InChI=1S/C34H37F2NO5/c1-17-10-11-21(35)13-23(17)32(38)37-15-25-19(3)28(24-14-27(36)30-22(18(24)2)9-8-12-41-30)29(20(4)26(25)16-37)31(33(39)40)42-34(5,6)7/h10-11,13-14,31H,8-9,12,15-16H2,1-7H3,(H,39,40). The second-order valence-corrected chi connectivity index (χ2v) is 12.4. The summed E-state index contributed by atoms with van der Waals surface area (Å²) in [6.07, 6.45) is 0.0714. The molecule has 2 aliphatic rings. The van der Waals surface area contributed by atoms with Crippen molar-refractivity contribution in [2.24, 2.45) is 0 Å². The Morgan fingerprint density at radius 2 is 1.64 bits per heavy atom. The summed E-state index contributed by atoms with van der Waals surface area (Å²) in [5, 5.41) is 10.5. The number of ether oxygens (including phenoxy) is 2. The van der Waals surface area contributed by atoms with E-state index in [2.05, 4.69) is 0 Å². The first-order chi connectivity index (χ1) is 19.7. The fourth-order valence-corrected chi connectivity index (χ4v) is 6.34. The summed E-state index contributed by atoms with van der Waals surface area (Å²) in [6, 6.07) is 5.58. The third-order valence-electron chi connectivity index (χ3n) is 8.40. The molecule has 0 bridgehead atoms. The summed E-state index contributed by atoms with van der Waals surface area (Å²) >= 11 is 0. The molecule has 5 rings (SSSR count). The van der Waals surface area contributed by atoms with Crippen LogP contribution in [0.15, 0.2) is 24.3 Å². The van der Waals surface area contributed by atoms with E-state index < -0.39 is 29.3 Å². The molecule has 0 radical (unpaired) electrons. The Morgan fingerprint density at radius 1 is 0.976 bits per heavy atom. The summed E-state index contributed by atoms with van der Waals surface area (Å²) in [5.74, 6) is -2.19. The molecule has 1 atom stereocenters. The van der Waals surface area contributed by atoms with Crippen LogP contribution in [0.25, 0.3) is 11.1 Å². The predicted molar refractivity (Wildman–Crippen MR) is 156 cm³/mol. The number of carboxylic acid groups (broad SMARTS) is 1. The molecule has 0 fully saturated rings. The molecule has 3 aromatic carbocycles. The average Bonchev–Trinajstić information content (AvgIpc) is 3.38. The van der Waals surface area contributed by atoms with Gasteiger partial charge >= 0.3 is 5.97 Å². The number of carbonyl (C=O) groups excluding carboxylic acids is 1. The molecule has 42 heavy (non-hydrogen) atoms. The van der Waals surface area contributed by atoms with Gasteiger partial charge < -0.3 is 19.5 Å². The number of carbonyl (C=O) groups is 2. The van der Waals surface area contributed by atoms with Gasteiger partial charge in [0.1, 0.15) is 5.82 Å². The zero-order valence-corrected chi connectivity index (χ0v) is 25.2. The van der Waals surface area contributed by atoms with Gasteiger partial charge in [-0.3, -0.25) is 4.79 Å². The molecule has 1 unspecified atom stereocenters. The van der Waals surface area contributed by atoms with Crippen molar-refractivity contribution < 1.29 is 33.0 Å².